The SMILES string of the molecule is CCOC(=O)C(CCc1ccc(OC)c(-c2ccc(O)c3c2C[C@]2(C)C[C@]4(C)C(C(C)C)C(=O)C(C(C)=O)C(=O)[C@]4(O)C(=O)C2C3=O)c1)C(C)C. The van der Waals surface area contributed by atoms with E-state index in [-0.39, 0.29) is 42.0 Å². The molecule has 3 aliphatic rings. The van der Waals surface area contributed by atoms with Crippen molar-refractivity contribution in [2.75, 3.05) is 13.7 Å². The van der Waals surface area contributed by atoms with Crippen LogP contribution in [-0.4, -0.2) is 64.4 Å². The summed E-state index contributed by atoms with van der Waals surface area (Å²) in [5.41, 5.74) is -2.96. The van der Waals surface area contributed by atoms with Gasteiger partial charge in [-0.1, -0.05) is 53.7 Å². The Balaban J connectivity index is 1.64. The van der Waals surface area contributed by atoms with Gasteiger partial charge in [-0.15, -0.1) is 0 Å². The highest BCUT2D eigenvalue weighted by molar-refractivity contribution is 6.32. The molecule has 0 heterocycles. The fourth-order valence-electron chi connectivity index (χ4n) is 9.80. The largest absolute Gasteiger partial charge is 0.507 e. The topological polar surface area (TPSA) is 161 Å². The van der Waals surface area contributed by atoms with Crippen molar-refractivity contribution in [3.63, 3.8) is 0 Å². The van der Waals surface area contributed by atoms with Gasteiger partial charge in [0.1, 0.15) is 23.2 Å². The minimum atomic E-state index is -2.76. The quantitative estimate of drug-likeness (QED) is 0.238. The van der Waals surface area contributed by atoms with Gasteiger partial charge in [0.25, 0.3) is 0 Å². The van der Waals surface area contributed by atoms with Crippen LogP contribution < -0.4 is 4.74 Å². The number of carbonyl (C=O) groups is 6. The second-order valence-corrected chi connectivity index (χ2v) is 16.0. The van der Waals surface area contributed by atoms with E-state index in [1.807, 2.05) is 32.0 Å². The van der Waals surface area contributed by atoms with Gasteiger partial charge in [-0.3, -0.25) is 28.8 Å². The van der Waals surface area contributed by atoms with E-state index in [0.717, 1.165) is 12.5 Å². The molecule has 0 radical (unpaired) electrons. The van der Waals surface area contributed by atoms with E-state index in [1.54, 1.807) is 40.7 Å². The summed E-state index contributed by atoms with van der Waals surface area (Å²) >= 11 is 0. The molecule has 0 spiro atoms. The van der Waals surface area contributed by atoms with Crippen LogP contribution in [0, 0.1) is 46.3 Å². The van der Waals surface area contributed by atoms with E-state index in [1.165, 1.54) is 13.2 Å². The molecule has 2 aromatic carbocycles. The van der Waals surface area contributed by atoms with Gasteiger partial charge in [-0.25, -0.2) is 0 Å². The van der Waals surface area contributed by atoms with E-state index in [4.69, 9.17) is 9.47 Å². The van der Waals surface area contributed by atoms with Crippen LogP contribution in [0.1, 0.15) is 89.7 Å². The molecule has 0 saturated heterocycles. The number of fused-ring (bicyclic) bond motifs is 3. The number of aromatic hydroxyl groups is 1. The maximum Gasteiger partial charge on any atom is 0.309 e. The van der Waals surface area contributed by atoms with Gasteiger partial charge in [0.05, 0.1) is 31.1 Å². The van der Waals surface area contributed by atoms with Crippen molar-refractivity contribution in [1.29, 1.82) is 0 Å². The maximum atomic E-state index is 14.6. The highest BCUT2D eigenvalue weighted by Gasteiger charge is 2.76. The summed E-state index contributed by atoms with van der Waals surface area (Å²) in [7, 11) is 1.53. The van der Waals surface area contributed by atoms with Gasteiger partial charge in [0, 0.05) is 16.9 Å². The summed E-state index contributed by atoms with van der Waals surface area (Å²) in [6, 6.07) is 8.75. The third-order valence-electron chi connectivity index (χ3n) is 12.0. The summed E-state index contributed by atoms with van der Waals surface area (Å²) in [5, 5.41) is 23.5. The number of rotatable bonds is 10. The normalized spacial score (nSPS) is 29.4. The second kappa shape index (κ2) is 13.4. The van der Waals surface area contributed by atoms with E-state index in [9.17, 15) is 39.0 Å². The summed E-state index contributed by atoms with van der Waals surface area (Å²) in [4.78, 5) is 82.3. The second-order valence-electron chi connectivity index (χ2n) is 16.0. The number of aliphatic hydroxyl groups is 1. The lowest BCUT2D eigenvalue weighted by molar-refractivity contribution is -0.205. The molecule has 0 bridgehead atoms. The number of aryl methyl sites for hydroxylation is 1. The Morgan fingerprint density at radius 1 is 0.980 bits per heavy atom. The molecular formula is C41H50O10. The van der Waals surface area contributed by atoms with Crippen molar-refractivity contribution in [2.45, 2.75) is 86.7 Å². The number of esters is 1. The third-order valence-corrected chi connectivity index (χ3v) is 12.0. The maximum absolute atomic E-state index is 14.6. The Kier molecular flexibility index (Phi) is 10.0. The highest BCUT2D eigenvalue weighted by Crippen LogP contribution is 2.64. The monoisotopic (exact) mass is 702 g/mol. The highest BCUT2D eigenvalue weighted by atomic mass is 16.5. The van der Waals surface area contributed by atoms with E-state index in [2.05, 4.69) is 0 Å². The van der Waals surface area contributed by atoms with Crippen LogP contribution in [0.4, 0.5) is 0 Å². The van der Waals surface area contributed by atoms with Crippen LogP contribution in [-0.2, 0) is 41.6 Å². The van der Waals surface area contributed by atoms with Crippen molar-refractivity contribution in [1.82, 2.24) is 0 Å². The average Bonchev–Trinajstić information content (AvgIpc) is 3.02. The number of ketones is 5. The molecule has 274 valence electrons. The lowest BCUT2D eigenvalue weighted by Crippen LogP contribution is -2.76. The number of hydrogen-bond donors (Lipinski definition) is 2. The van der Waals surface area contributed by atoms with Crippen molar-refractivity contribution < 1.29 is 48.5 Å². The molecule has 0 aliphatic heterocycles. The number of phenolic OH excluding ortho intramolecular Hbond substituents is 1. The number of hydrogen-bond acceptors (Lipinski definition) is 10. The third kappa shape index (κ3) is 5.74. The number of Topliss-reactive ketones (excluding diaryl/α,β-unsaturated/α-hetero) is 5. The Bertz CT molecular complexity index is 1820. The number of carbonyl (C=O) groups excluding carboxylic acids is 6. The Hall–Kier alpha value is -4.18. The van der Waals surface area contributed by atoms with Crippen LogP contribution in [0.25, 0.3) is 11.1 Å². The molecule has 2 fully saturated rings. The van der Waals surface area contributed by atoms with Gasteiger partial charge in [-0.05, 0) is 91.7 Å². The zero-order valence-electron chi connectivity index (χ0n) is 31.0. The number of phenols is 1. The molecule has 7 atom stereocenters. The first kappa shape index (κ1) is 38.1. The van der Waals surface area contributed by atoms with Crippen molar-refractivity contribution >= 4 is 34.9 Å². The van der Waals surface area contributed by atoms with E-state index in [0.29, 0.717) is 41.9 Å². The first-order valence-electron chi connectivity index (χ1n) is 17.9. The molecule has 3 aliphatic carbocycles. The minimum absolute atomic E-state index is 0.0419. The predicted molar refractivity (Wildman–Crippen MR) is 188 cm³/mol. The molecule has 0 aromatic heterocycles. The zero-order valence-corrected chi connectivity index (χ0v) is 31.0. The average molecular weight is 703 g/mol. The van der Waals surface area contributed by atoms with Gasteiger partial charge < -0.3 is 19.7 Å². The molecule has 2 N–H and O–H groups in total. The lowest BCUT2D eigenvalue weighted by atomic mass is 9.40. The first-order valence-corrected chi connectivity index (χ1v) is 17.9. The standard InChI is InChI=1S/C41H50O10/c1-10-51-38(48)24(20(2)3)13-11-23-12-16-29(50-9)26(17-23)25-14-15-28(43)31-27(25)18-39(7)19-40(8)32(21(4)5)34(44)30(22(6)42)36(46)41(40,49)37(47)33(39)35(31)45/h12,14-17,20-21,24,30,32-33,43,49H,10-11,13,18-19H2,1-9H3/t24?,30?,32?,33?,39-,40-,41+/m1/s1. The molecular weight excluding hydrogens is 652 g/mol. The van der Waals surface area contributed by atoms with Gasteiger partial charge in [-0.2, -0.15) is 0 Å². The van der Waals surface area contributed by atoms with E-state index < -0.39 is 69.0 Å². The number of methoxy groups -OCH3 is 1. The first-order chi connectivity index (χ1) is 23.8. The number of ether oxygens (including phenoxy) is 2. The van der Waals surface area contributed by atoms with Gasteiger partial charge in [0.15, 0.2) is 28.7 Å². The van der Waals surface area contributed by atoms with Crippen LogP contribution in [0.3, 0.4) is 0 Å². The fourth-order valence-corrected chi connectivity index (χ4v) is 9.80. The van der Waals surface area contributed by atoms with Crippen LogP contribution >= 0.6 is 0 Å². The van der Waals surface area contributed by atoms with Crippen LogP contribution in [0.2, 0.25) is 0 Å². The Labute approximate surface area is 299 Å². The van der Waals surface area contributed by atoms with Crippen molar-refractivity contribution in [3.05, 3.63) is 47.0 Å². The summed E-state index contributed by atoms with van der Waals surface area (Å²) in [6.45, 7) is 14.0. The molecule has 10 nitrogen and oxygen atoms in total. The number of benzene rings is 2. The molecule has 0 amide bonds. The smallest absolute Gasteiger partial charge is 0.309 e. The Morgan fingerprint density at radius 3 is 2.22 bits per heavy atom. The minimum Gasteiger partial charge on any atom is -0.507 e. The zero-order chi connectivity index (χ0) is 38.0. The molecule has 4 unspecified atom stereocenters. The molecule has 2 aromatic rings. The molecule has 2 saturated carbocycles. The van der Waals surface area contributed by atoms with Gasteiger partial charge in [0.2, 0.25) is 0 Å². The van der Waals surface area contributed by atoms with Crippen LogP contribution in [0.5, 0.6) is 11.5 Å². The fraction of sp³-hybridized carbons (Fsp3) is 0.561. The molecule has 5 rings (SSSR count). The predicted octanol–water partition coefficient (Wildman–Crippen LogP) is 5.54. The van der Waals surface area contributed by atoms with Gasteiger partial charge >= 0.3 is 5.97 Å². The lowest BCUT2D eigenvalue weighted by Gasteiger charge is -2.61. The van der Waals surface area contributed by atoms with Crippen molar-refractivity contribution in [3.8, 4) is 22.6 Å². The van der Waals surface area contributed by atoms with E-state index >= 15 is 0 Å². The summed E-state index contributed by atoms with van der Waals surface area (Å²) < 4.78 is 11.1. The van der Waals surface area contributed by atoms with Crippen LogP contribution in [0.15, 0.2) is 30.3 Å². The summed E-state index contributed by atoms with van der Waals surface area (Å²) in [5.74, 6) is -9.37. The molecule has 51 heavy (non-hydrogen) atoms. The van der Waals surface area contributed by atoms with Crippen molar-refractivity contribution in [2.24, 2.45) is 46.3 Å². The Morgan fingerprint density at radius 2 is 1.65 bits per heavy atom. The summed E-state index contributed by atoms with van der Waals surface area (Å²) in [6.07, 6.45) is 1.17. The molecule has 10 heteroatoms.